The summed E-state index contributed by atoms with van der Waals surface area (Å²) in [7, 11) is 3.37. The number of fused-ring (bicyclic) bond motifs is 1. The van der Waals surface area contributed by atoms with Gasteiger partial charge in [-0.1, -0.05) is 23.4 Å². The van der Waals surface area contributed by atoms with Gasteiger partial charge in [-0.25, -0.2) is 9.78 Å². The Bertz CT molecular complexity index is 1700. The molecule has 0 aliphatic carbocycles. The highest BCUT2D eigenvalue weighted by atomic mass is 16.5. The molecule has 0 unspecified atom stereocenters. The van der Waals surface area contributed by atoms with Gasteiger partial charge in [0.1, 0.15) is 17.6 Å². The molecule has 0 fully saturated rings. The van der Waals surface area contributed by atoms with Gasteiger partial charge < -0.3 is 20.5 Å². The van der Waals surface area contributed by atoms with Gasteiger partial charge in [-0.3, -0.25) is 14.0 Å². The van der Waals surface area contributed by atoms with E-state index in [9.17, 15) is 9.59 Å². The van der Waals surface area contributed by atoms with E-state index in [1.165, 1.54) is 17.0 Å². The number of benzene rings is 1. The lowest BCUT2D eigenvalue weighted by molar-refractivity contribution is 0.262. The molecule has 0 atom stereocenters. The summed E-state index contributed by atoms with van der Waals surface area (Å²) >= 11 is 0. The molecule has 4 heterocycles. The van der Waals surface area contributed by atoms with Crippen molar-refractivity contribution in [2.75, 3.05) is 23.0 Å². The standard InChI is InChI=1S/C26H27N9O3/c1-26(2,3)35-13-20(21(33-35)16-12-29-38-14-16)31-25(37)30-19-9-7-6-8-17(19)18-10-15-11-28-24(27-4)32-22(15)34(5)23(18)36/h6-14H,1-5H3,(H,27,28,32)(H2,30,31,37). The number of aryl methyl sites for hydroxylation is 1. The Balaban J connectivity index is 1.49. The van der Waals surface area contributed by atoms with E-state index >= 15 is 0 Å². The first-order valence-electron chi connectivity index (χ1n) is 11.9. The zero-order valence-corrected chi connectivity index (χ0v) is 21.6. The highest BCUT2D eigenvalue weighted by Gasteiger charge is 2.22. The molecule has 12 nitrogen and oxygen atoms in total. The molecule has 0 radical (unpaired) electrons. The molecule has 5 rings (SSSR count). The number of anilines is 3. The van der Waals surface area contributed by atoms with Crippen molar-refractivity contribution in [1.29, 1.82) is 0 Å². The molecule has 0 bridgehead atoms. The van der Waals surface area contributed by atoms with Gasteiger partial charge in [0.25, 0.3) is 5.56 Å². The second-order valence-electron chi connectivity index (χ2n) is 9.69. The quantitative estimate of drug-likeness (QED) is 0.316. The van der Waals surface area contributed by atoms with E-state index < -0.39 is 6.03 Å². The van der Waals surface area contributed by atoms with Gasteiger partial charge >= 0.3 is 6.03 Å². The van der Waals surface area contributed by atoms with Crippen LogP contribution < -0.4 is 21.5 Å². The summed E-state index contributed by atoms with van der Waals surface area (Å²) in [5, 5.41) is 17.7. The SMILES string of the molecule is CNc1ncc2cc(-c3ccccc3NC(=O)Nc3cn(C(C)(C)C)nc3-c3cnoc3)c(=O)n(C)c2n1. The molecular weight excluding hydrogens is 486 g/mol. The molecular formula is C26H27N9O3. The summed E-state index contributed by atoms with van der Waals surface area (Å²) in [5.74, 6) is 0.416. The van der Waals surface area contributed by atoms with Crippen LogP contribution in [0.2, 0.25) is 0 Å². The summed E-state index contributed by atoms with van der Waals surface area (Å²) in [4.78, 5) is 35.1. The van der Waals surface area contributed by atoms with E-state index in [0.29, 0.717) is 50.7 Å². The predicted molar refractivity (Wildman–Crippen MR) is 145 cm³/mol. The van der Waals surface area contributed by atoms with Crippen molar-refractivity contribution in [2.45, 2.75) is 26.3 Å². The maximum atomic E-state index is 13.3. The molecule has 0 aliphatic rings. The van der Waals surface area contributed by atoms with Gasteiger partial charge in [-0.2, -0.15) is 10.1 Å². The minimum Gasteiger partial charge on any atom is -0.364 e. The lowest BCUT2D eigenvalue weighted by atomic mass is 10.0. The normalized spacial score (nSPS) is 11.5. The van der Waals surface area contributed by atoms with E-state index in [2.05, 4.69) is 36.2 Å². The number of carbonyl (C=O) groups excluding carboxylic acids is 1. The van der Waals surface area contributed by atoms with Crippen LogP contribution in [-0.2, 0) is 12.6 Å². The third-order valence-electron chi connectivity index (χ3n) is 5.99. The Labute approximate surface area is 217 Å². The fourth-order valence-corrected chi connectivity index (χ4v) is 4.01. The zero-order chi connectivity index (χ0) is 27.0. The topological polar surface area (TPSA) is 145 Å². The van der Waals surface area contributed by atoms with Crippen molar-refractivity contribution in [3.05, 3.63) is 65.5 Å². The minimum atomic E-state index is -0.497. The molecule has 0 aliphatic heterocycles. The van der Waals surface area contributed by atoms with Crippen LogP contribution in [0.25, 0.3) is 33.4 Å². The number of pyridine rings is 1. The molecule has 0 saturated carbocycles. The maximum absolute atomic E-state index is 13.3. The molecule has 38 heavy (non-hydrogen) atoms. The van der Waals surface area contributed by atoms with Crippen LogP contribution in [0.4, 0.5) is 22.1 Å². The van der Waals surface area contributed by atoms with Gasteiger partial charge in [-0.15, -0.1) is 0 Å². The lowest BCUT2D eigenvalue weighted by Gasteiger charge is -2.18. The monoisotopic (exact) mass is 513 g/mol. The second-order valence-corrected chi connectivity index (χ2v) is 9.69. The van der Waals surface area contributed by atoms with Crippen LogP contribution in [0.3, 0.4) is 0 Å². The summed E-state index contributed by atoms with van der Waals surface area (Å²) in [6, 6.07) is 8.34. The number of para-hydroxylation sites is 1. The number of rotatable bonds is 5. The minimum absolute atomic E-state index is 0.255. The predicted octanol–water partition coefficient (Wildman–Crippen LogP) is 4.29. The number of aromatic nitrogens is 6. The van der Waals surface area contributed by atoms with Gasteiger partial charge in [-0.05, 0) is 32.9 Å². The Hall–Kier alpha value is -5.00. The summed E-state index contributed by atoms with van der Waals surface area (Å²) < 4.78 is 8.21. The number of amides is 2. The zero-order valence-electron chi connectivity index (χ0n) is 21.6. The second kappa shape index (κ2) is 9.47. The van der Waals surface area contributed by atoms with Crippen molar-refractivity contribution in [3.63, 3.8) is 0 Å². The number of nitrogens with one attached hydrogen (secondary N) is 3. The maximum Gasteiger partial charge on any atom is 0.323 e. The number of hydrogen-bond acceptors (Lipinski definition) is 8. The molecule has 0 saturated heterocycles. The summed E-state index contributed by atoms with van der Waals surface area (Å²) in [6.07, 6.45) is 6.41. The van der Waals surface area contributed by atoms with Crippen LogP contribution in [0.1, 0.15) is 20.8 Å². The van der Waals surface area contributed by atoms with E-state index in [1.54, 1.807) is 61.5 Å². The van der Waals surface area contributed by atoms with E-state index in [0.717, 1.165) is 0 Å². The van der Waals surface area contributed by atoms with Crippen LogP contribution in [0, 0.1) is 0 Å². The van der Waals surface area contributed by atoms with Crippen LogP contribution in [0.15, 0.2) is 64.5 Å². The van der Waals surface area contributed by atoms with Gasteiger partial charge in [0.15, 0.2) is 0 Å². The fourth-order valence-electron chi connectivity index (χ4n) is 4.01. The van der Waals surface area contributed by atoms with Crippen molar-refractivity contribution < 1.29 is 9.32 Å². The van der Waals surface area contributed by atoms with Crippen molar-refractivity contribution in [1.82, 2.24) is 29.5 Å². The first-order chi connectivity index (χ1) is 18.2. The van der Waals surface area contributed by atoms with Crippen molar-refractivity contribution in [2.24, 2.45) is 7.05 Å². The third-order valence-corrected chi connectivity index (χ3v) is 5.99. The third kappa shape index (κ3) is 4.59. The largest absolute Gasteiger partial charge is 0.364 e. The van der Waals surface area contributed by atoms with Crippen molar-refractivity contribution in [3.8, 4) is 22.4 Å². The molecule has 0 spiro atoms. The van der Waals surface area contributed by atoms with E-state index in [-0.39, 0.29) is 11.1 Å². The average molecular weight is 514 g/mol. The smallest absolute Gasteiger partial charge is 0.323 e. The van der Waals surface area contributed by atoms with Crippen LogP contribution in [0.5, 0.6) is 0 Å². The lowest BCUT2D eigenvalue weighted by Crippen LogP contribution is -2.23. The molecule has 2 amide bonds. The Kier molecular flexibility index (Phi) is 6.15. The molecule has 194 valence electrons. The molecule has 5 aromatic rings. The van der Waals surface area contributed by atoms with Gasteiger partial charge in [0.05, 0.1) is 34.2 Å². The molecule has 3 N–H and O–H groups in total. The number of nitrogens with zero attached hydrogens (tertiary/aromatic N) is 6. The first kappa shape index (κ1) is 24.7. The van der Waals surface area contributed by atoms with Gasteiger partial charge in [0, 0.05) is 37.4 Å². The highest BCUT2D eigenvalue weighted by Crippen LogP contribution is 2.31. The number of urea groups is 1. The van der Waals surface area contributed by atoms with Gasteiger partial charge in [0.2, 0.25) is 5.95 Å². The summed E-state index contributed by atoms with van der Waals surface area (Å²) in [6.45, 7) is 6.02. The summed E-state index contributed by atoms with van der Waals surface area (Å²) in [5.41, 5.74) is 2.99. The van der Waals surface area contributed by atoms with Crippen LogP contribution in [-0.4, -0.2) is 42.6 Å². The Morgan fingerprint density at radius 2 is 1.82 bits per heavy atom. The molecule has 1 aromatic carbocycles. The average Bonchev–Trinajstić information content (AvgIpc) is 3.56. The number of hydrogen-bond donors (Lipinski definition) is 3. The van der Waals surface area contributed by atoms with E-state index in [1.807, 2.05) is 20.8 Å². The molecule has 12 heteroatoms. The van der Waals surface area contributed by atoms with Crippen LogP contribution >= 0.6 is 0 Å². The Morgan fingerprint density at radius 1 is 1.05 bits per heavy atom. The van der Waals surface area contributed by atoms with E-state index in [4.69, 9.17) is 4.52 Å². The molecule has 4 aromatic heterocycles. The fraction of sp³-hybridized carbons (Fsp3) is 0.231. The number of carbonyl (C=O) groups is 1. The van der Waals surface area contributed by atoms with Crippen molar-refractivity contribution >= 4 is 34.4 Å². The Morgan fingerprint density at radius 3 is 2.53 bits per heavy atom. The first-order valence-corrected chi connectivity index (χ1v) is 11.9. The highest BCUT2D eigenvalue weighted by molar-refractivity contribution is 6.04.